The fourth-order valence-electron chi connectivity index (χ4n) is 0.779. The normalized spacial score (nSPS) is 12.6. The van der Waals surface area contributed by atoms with Crippen LogP contribution in [0, 0.1) is 0 Å². The van der Waals surface area contributed by atoms with E-state index in [-0.39, 0.29) is 6.54 Å². The van der Waals surface area contributed by atoms with Crippen LogP contribution in [0.4, 0.5) is 4.79 Å². The van der Waals surface area contributed by atoms with E-state index in [0.717, 1.165) is 0 Å². The van der Waals surface area contributed by atoms with Gasteiger partial charge < -0.3 is 10.5 Å². The molecule has 0 bridgehead atoms. The molecule has 0 aliphatic heterocycles. The Morgan fingerprint density at radius 3 is 2.31 bits per heavy atom. The predicted octanol–water partition coefficient (Wildman–Crippen LogP) is -0.307. The first-order valence-corrected chi connectivity index (χ1v) is 6.29. The Balaban J connectivity index is 4.42. The Labute approximate surface area is 95.9 Å². The molecule has 16 heavy (non-hydrogen) atoms. The lowest BCUT2D eigenvalue weighted by molar-refractivity contribution is 0.121. The summed E-state index contributed by atoms with van der Waals surface area (Å²) in [5.41, 5.74) is 4.52. The van der Waals surface area contributed by atoms with Gasteiger partial charge in [-0.05, 0) is 27.7 Å². The lowest BCUT2D eigenvalue weighted by atomic mass is 10.1. The molecule has 0 aromatic heterocycles. The molecule has 0 unspecified atom stereocenters. The maximum atomic E-state index is 11.4. The van der Waals surface area contributed by atoms with Crippen molar-refractivity contribution in [1.29, 1.82) is 0 Å². The molecule has 96 valence electrons. The zero-order chi connectivity index (χ0) is 13.0. The summed E-state index contributed by atoms with van der Waals surface area (Å²) < 4.78 is 31.4. The maximum Gasteiger partial charge on any atom is 0.422 e. The van der Waals surface area contributed by atoms with E-state index in [4.69, 9.17) is 5.73 Å². The van der Waals surface area contributed by atoms with Gasteiger partial charge in [0.15, 0.2) is 0 Å². The number of hydrogen-bond acceptors (Lipinski definition) is 5. The van der Waals surface area contributed by atoms with Crippen molar-refractivity contribution in [3.8, 4) is 0 Å². The number of nitrogens with two attached hydrogens (primary N) is 1. The predicted molar refractivity (Wildman–Crippen MR) is 59.9 cm³/mol. The van der Waals surface area contributed by atoms with Crippen LogP contribution in [0.2, 0.25) is 0 Å². The van der Waals surface area contributed by atoms with Crippen LogP contribution in [0.3, 0.4) is 0 Å². The molecule has 0 radical (unpaired) electrons. The topological polar surface area (TPSA) is 111 Å². The van der Waals surface area contributed by atoms with Gasteiger partial charge in [0, 0.05) is 12.1 Å². The summed E-state index contributed by atoms with van der Waals surface area (Å²) in [6.07, 6.45) is -1.41. The molecule has 0 heterocycles. The first-order chi connectivity index (χ1) is 7.08. The van der Waals surface area contributed by atoms with Crippen LogP contribution in [0.1, 0.15) is 27.7 Å². The fourth-order valence-corrected chi connectivity index (χ4v) is 1.91. The molecule has 4 N–H and O–H groups in total. The summed E-state index contributed by atoms with van der Waals surface area (Å²) in [6.45, 7) is 6.53. The van der Waals surface area contributed by atoms with Gasteiger partial charge in [0.2, 0.25) is 0 Å². The zero-order valence-corrected chi connectivity index (χ0v) is 10.7. The van der Waals surface area contributed by atoms with Crippen molar-refractivity contribution in [2.45, 2.75) is 39.3 Å². The SMILES string of the molecule is CC(C)OC(=O)NS(=O)(=O)NC(C)(C)CN. The van der Waals surface area contributed by atoms with Crippen molar-refractivity contribution in [2.24, 2.45) is 5.73 Å². The molecule has 0 saturated heterocycles. The Morgan fingerprint density at radius 1 is 1.44 bits per heavy atom. The molecule has 1 amide bonds. The number of ether oxygens (including phenoxy) is 1. The Morgan fingerprint density at radius 2 is 1.94 bits per heavy atom. The van der Waals surface area contributed by atoms with Gasteiger partial charge in [-0.1, -0.05) is 0 Å². The highest BCUT2D eigenvalue weighted by molar-refractivity contribution is 7.88. The average Bonchev–Trinajstić information content (AvgIpc) is 1.98. The minimum absolute atomic E-state index is 0.104. The van der Waals surface area contributed by atoms with E-state index in [9.17, 15) is 13.2 Å². The van der Waals surface area contributed by atoms with Crippen molar-refractivity contribution < 1.29 is 17.9 Å². The van der Waals surface area contributed by atoms with Crippen LogP contribution in [-0.2, 0) is 14.9 Å². The van der Waals surface area contributed by atoms with Crippen LogP contribution < -0.4 is 15.2 Å². The molecule has 0 fully saturated rings. The summed E-state index contributed by atoms with van der Waals surface area (Å²) in [5.74, 6) is 0. The lowest BCUT2D eigenvalue weighted by Gasteiger charge is -2.23. The largest absolute Gasteiger partial charge is 0.446 e. The van der Waals surface area contributed by atoms with Gasteiger partial charge >= 0.3 is 16.3 Å². The van der Waals surface area contributed by atoms with E-state index >= 15 is 0 Å². The van der Waals surface area contributed by atoms with E-state index in [1.165, 1.54) is 0 Å². The van der Waals surface area contributed by atoms with Crippen LogP contribution in [0.15, 0.2) is 0 Å². The first-order valence-electron chi connectivity index (χ1n) is 4.80. The van der Waals surface area contributed by atoms with Gasteiger partial charge in [0.1, 0.15) is 0 Å². The first kappa shape index (κ1) is 15.1. The molecule has 7 nitrogen and oxygen atoms in total. The monoisotopic (exact) mass is 253 g/mol. The van der Waals surface area contributed by atoms with Gasteiger partial charge in [-0.15, -0.1) is 0 Å². The van der Waals surface area contributed by atoms with Gasteiger partial charge in [0.25, 0.3) is 0 Å². The van der Waals surface area contributed by atoms with Crippen LogP contribution in [0.25, 0.3) is 0 Å². The molecule has 0 aliphatic carbocycles. The fraction of sp³-hybridized carbons (Fsp3) is 0.875. The summed E-state index contributed by atoms with van der Waals surface area (Å²) >= 11 is 0. The summed E-state index contributed by atoms with van der Waals surface area (Å²) in [6, 6.07) is 0. The van der Waals surface area contributed by atoms with Gasteiger partial charge in [-0.25, -0.2) is 9.52 Å². The number of carbonyl (C=O) groups is 1. The number of amides is 1. The molecule has 0 aromatic rings. The van der Waals surface area contributed by atoms with Crippen molar-refractivity contribution in [3.05, 3.63) is 0 Å². The second-order valence-electron chi connectivity index (χ2n) is 4.25. The zero-order valence-electron chi connectivity index (χ0n) is 9.90. The lowest BCUT2D eigenvalue weighted by Crippen LogP contribution is -2.53. The van der Waals surface area contributed by atoms with E-state index < -0.39 is 27.9 Å². The minimum Gasteiger partial charge on any atom is -0.446 e. The van der Waals surface area contributed by atoms with E-state index in [2.05, 4.69) is 9.46 Å². The van der Waals surface area contributed by atoms with Gasteiger partial charge in [0.05, 0.1) is 6.10 Å². The highest BCUT2D eigenvalue weighted by Gasteiger charge is 2.25. The third kappa shape index (κ3) is 6.59. The average molecular weight is 253 g/mol. The molecule has 0 rings (SSSR count). The second-order valence-corrected chi connectivity index (χ2v) is 5.66. The molecular weight excluding hydrogens is 234 g/mol. The number of rotatable bonds is 5. The molecule has 0 aromatic carbocycles. The van der Waals surface area contributed by atoms with Crippen LogP contribution in [-0.4, -0.2) is 32.7 Å². The molecule has 8 heteroatoms. The second kappa shape index (κ2) is 5.46. The van der Waals surface area contributed by atoms with Crippen LogP contribution in [0.5, 0.6) is 0 Å². The summed E-state index contributed by atoms with van der Waals surface area (Å²) in [5, 5.41) is 0. The highest BCUT2D eigenvalue weighted by atomic mass is 32.2. The number of nitrogens with one attached hydrogen (secondary N) is 2. The van der Waals surface area contributed by atoms with Crippen LogP contribution >= 0.6 is 0 Å². The molecule has 0 saturated carbocycles. The van der Waals surface area contributed by atoms with E-state index in [0.29, 0.717) is 0 Å². The Kier molecular flexibility index (Phi) is 5.17. The minimum atomic E-state index is -3.95. The summed E-state index contributed by atoms with van der Waals surface area (Å²) in [4.78, 5) is 11.1. The third-order valence-corrected chi connectivity index (χ3v) is 2.74. The Hall–Kier alpha value is -0.860. The van der Waals surface area contributed by atoms with E-state index in [1.54, 1.807) is 32.4 Å². The van der Waals surface area contributed by atoms with Crippen molar-refractivity contribution >= 4 is 16.3 Å². The number of carbonyl (C=O) groups excluding carboxylic acids is 1. The smallest absolute Gasteiger partial charge is 0.422 e. The van der Waals surface area contributed by atoms with Gasteiger partial charge in [-0.3, -0.25) is 0 Å². The quantitative estimate of drug-likeness (QED) is 0.622. The maximum absolute atomic E-state index is 11.4. The molecule has 0 aliphatic rings. The highest BCUT2D eigenvalue weighted by Crippen LogP contribution is 2.00. The molecule has 0 atom stereocenters. The van der Waals surface area contributed by atoms with E-state index in [1.807, 2.05) is 0 Å². The molecule has 0 spiro atoms. The van der Waals surface area contributed by atoms with Crippen molar-refractivity contribution in [2.75, 3.05) is 6.54 Å². The van der Waals surface area contributed by atoms with Crippen molar-refractivity contribution in [1.82, 2.24) is 9.44 Å². The summed E-state index contributed by atoms with van der Waals surface area (Å²) in [7, 11) is -3.95. The number of hydrogen-bond donors (Lipinski definition) is 3. The third-order valence-electron chi connectivity index (χ3n) is 1.48. The molecular formula is C8H19N3O4S. The standard InChI is InChI=1S/C8H19N3O4S/c1-6(2)15-7(12)10-16(13,14)11-8(3,4)5-9/h6,11H,5,9H2,1-4H3,(H,10,12). The van der Waals surface area contributed by atoms with Crippen molar-refractivity contribution in [3.63, 3.8) is 0 Å². The van der Waals surface area contributed by atoms with Gasteiger partial charge in [-0.2, -0.15) is 13.1 Å². The Bertz CT molecular complexity index is 337.